The molecule has 36 heavy (non-hydrogen) atoms. The van der Waals surface area contributed by atoms with Gasteiger partial charge < -0.3 is 14.6 Å². The van der Waals surface area contributed by atoms with Gasteiger partial charge in [0, 0.05) is 18.0 Å². The van der Waals surface area contributed by atoms with Crippen LogP contribution in [-0.2, 0) is 15.6 Å². The number of aromatic nitrogens is 5. The fourth-order valence-corrected chi connectivity index (χ4v) is 5.23. The van der Waals surface area contributed by atoms with Gasteiger partial charge in [0.15, 0.2) is 21.5 Å². The van der Waals surface area contributed by atoms with Gasteiger partial charge in [-0.25, -0.2) is 13.4 Å². The van der Waals surface area contributed by atoms with Crippen LogP contribution in [0.2, 0.25) is 5.15 Å². The van der Waals surface area contributed by atoms with E-state index in [9.17, 15) is 13.5 Å². The molecule has 3 aromatic heterocycles. The van der Waals surface area contributed by atoms with Gasteiger partial charge in [0.1, 0.15) is 34.2 Å². The molecule has 0 aliphatic heterocycles. The molecule has 0 aliphatic rings. The van der Waals surface area contributed by atoms with E-state index in [1.165, 1.54) is 27.2 Å². The molecule has 0 fully saturated rings. The van der Waals surface area contributed by atoms with Crippen LogP contribution in [0.5, 0.6) is 11.5 Å². The summed E-state index contributed by atoms with van der Waals surface area (Å²) in [5.41, 5.74) is 1.20. The highest BCUT2D eigenvalue weighted by Crippen LogP contribution is 2.37. The van der Waals surface area contributed by atoms with Gasteiger partial charge in [-0.2, -0.15) is 0 Å². The SMILES string of the molecule is COc1cccc(OC)c1-n1c(CS(=O)(=O)[C@@H](C)[C@H](O)c2cccc(Cl)n2)nnc1-c1cccnc1. The topological polar surface area (TPSA) is 129 Å². The highest BCUT2D eigenvalue weighted by Gasteiger charge is 2.33. The van der Waals surface area contributed by atoms with Gasteiger partial charge >= 0.3 is 0 Å². The Morgan fingerprint density at radius 3 is 2.33 bits per heavy atom. The number of benzene rings is 1. The van der Waals surface area contributed by atoms with Gasteiger partial charge in [-0.15, -0.1) is 10.2 Å². The van der Waals surface area contributed by atoms with Gasteiger partial charge in [0.2, 0.25) is 0 Å². The summed E-state index contributed by atoms with van der Waals surface area (Å²) < 4.78 is 39.6. The smallest absolute Gasteiger partial charge is 0.170 e. The Hall–Kier alpha value is -3.54. The molecular weight excluding hydrogens is 506 g/mol. The number of aliphatic hydroxyl groups is 1. The molecule has 12 heteroatoms. The number of sulfone groups is 1. The zero-order valence-electron chi connectivity index (χ0n) is 19.7. The van der Waals surface area contributed by atoms with E-state index >= 15 is 0 Å². The molecule has 0 spiro atoms. The van der Waals surface area contributed by atoms with Crippen molar-refractivity contribution in [3.63, 3.8) is 0 Å². The summed E-state index contributed by atoms with van der Waals surface area (Å²) in [5.74, 6) is 0.777. The first-order valence-electron chi connectivity index (χ1n) is 10.8. The second kappa shape index (κ2) is 10.6. The number of halogens is 1. The van der Waals surface area contributed by atoms with Crippen LogP contribution in [0.4, 0.5) is 0 Å². The van der Waals surface area contributed by atoms with Crippen LogP contribution in [-0.4, -0.2) is 57.7 Å². The van der Waals surface area contributed by atoms with Crippen molar-refractivity contribution in [3.8, 4) is 28.6 Å². The second-order valence-corrected chi connectivity index (χ2v) is 10.6. The van der Waals surface area contributed by atoms with E-state index in [0.717, 1.165) is 0 Å². The monoisotopic (exact) mass is 529 g/mol. The minimum absolute atomic E-state index is 0.106. The van der Waals surface area contributed by atoms with Crippen molar-refractivity contribution in [3.05, 3.63) is 77.6 Å². The molecule has 10 nitrogen and oxygen atoms in total. The number of methoxy groups -OCH3 is 2. The lowest BCUT2D eigenvalue weighted by atomic mass is 10.2. The first-order chi connectivity index (χ1) is 17.3. The Labute approximate surface area is 213 Å². The minimum atomic E-state index is -3.97. The van der Waals surface area contributed by atoms with E-state index in [-0.39, 0.29) is 16.7 Å². The number of ether oxygens (including phenoxy) is 2. The van der Waals surface area contributed by atoms with Gasteiger partial charge in [-0.1, -0.05) is 23.7 Å². The third-order valence-electron chi connectivity index (χ3n) is 5.66. The Morgan fingerprint density at radius 2 is 1.72 bits per heavy atom. The highest BCUT2D eigenvalue weighted by atomic mass is 35.5. The van der Waals surface area contributed by atoms with Crippen molar-refractivity contribution >= 4 is 21.4 Å². The number of nitrogens with zero attached hydrogens (tertiary/aromatic N) is 5. The molecule has 3 heterocycles. The van der Waals surface area contributed by atoms with E-state index in [4.69, 9.17) is 21.1 Å². The average Bonchev–Trinajstić information content (AvgIpc) is 3.29. The van der Waals surface area contributed by atoms with Crippen LogP contribution in [0.1, 0.15) is 24.5 Å². The number of aliphatic hydroxyl groups excluding tert-OH is 1. The van der Waals surface area contributed by atoms with Crippen LogP contribution < -0.4 is 9.47 Å². The number of hydrogen-bond acceptors (Lipinski definition) is 9. The highest BCUT2D eigenvalue weighted by molar-refractivity contribution is 7.91. The van der Waals surface area contributed by atoms with E-state index in [1.807, 2.05) is 0 Å². The third-order valence-corrected chi connectivity index (χ3v) is 7.92. The lowest BCUT2D eigenvalue weighted by molar-refractivity contribution is 0.171. The number of pyridine rings is 2. The average molecular weight is 530 g/mol. The number of para-hydroxylation sites is 1. The molecular formula is C24H24ClN5O5S. The van der Waals surface area contributed by atoms with Gasteiger partial charge in [-0.05, 0) is 43.3 Å². The first-order valence-corrected chi connectivity index (χ1v) is 12.9. The van der Waals surface area contributed by atoms with E-state index in [2.05, 4.69) is 20.2 Å². The molecule has 0 radical (unpaired) electrons. The summed E-state index contributed by atoms with van der Waals surface area (Å²) in [4.78, 5) is 8.19. The molecule has 4 aromatic rings. The predicted molar refractivity (Wildman–Crippen MR) is 134 cm³/mol. The van der Waals surface area contributed by atoms with Gasteiger partial charge in [-0.3, -0.25) is 9.55 Å². The zero-order valence-corrected chi connectivity index (χ0v) is 21.3. The van der Waals surface area contributed by atoms with Crippen molar-refractivity contribution in [1.29, 1.82) is 0 Å². The lowest BCUT2D eigenvalue weighted by Crippen LogP contribution is -2.28. The van der Waals surface area contributed by atoms with Gasteiger partial charge in [0.25, 0.3) is 0 Å². The van der Waals surface area contributed by atoms with Crippen molar-refractivity contribution < 1.29 is 23.0 Å². The standard InChI is InChI=1S/C24H24ClN5O5S/c1-15(23(31)17-8-4-11-20(25)27-17)36(32,33)14-21-28-29-24(16-7-6-12-26-13-16)30(21)22-18(34-2)9-5-10-19(22)35-3/h4-13,15,23,31H,14H2,1-3H3/t15-,23-/m0/s1. The quantitative estimate of drug-likeness (QED) is 0.324. The van der Waals surface area contributed by atoms with E-state index in [1.54, 1.807) is 59.4 Å². The van der Waals surface area contributed by atoms with Crippen LogP contribution >= 0.6 is 11.6 Å². The molecule has 1 aromatic carbocycles. The number of hydrogen-bond donors (Lipinski definition) is 1. The molecule has 0 bridgehead atoms. The summed E-state index contributed by atoms with van der Waals surface area (Å²) in [7, 11) is -0.967. The summed E-state index contributed by atoms with van der Waals surface area (Å²) in [5, 5.41) is 18.2. The molecule has 0 saturated heterocycles. The molecule has 0 saturated carbocycles. The maximum atomic E-state index is 13.5. The molecule has 4 rings (SSSR count). The summed E-state index contributed by atoms with van der Waals surface area (Å²) in [6.07, 6.45) is 1.81. The Bertz CT molecular complexity index is 1440. The summed E-state index contributed by atoms with van der Waals surface area (Å²) in [6, 6.07) is 13.4. The molecule has 0 amide bonds. The first kappa shape index (κ1) is 25.5. The second-order valence-electron chi connectivity index (χ2n) is 7.87. The minimum Gasteiger partial charge on any atom is -0.494 e. The zero-order chi connectivity index (χ0) is 25.9. The van der Waals surface area contributed by atoms with Crippen LogP contribution in [0.3, 0.4) is 0 Å². The van der Waals surface area contributed by atoms with Crippen molar-refractivity contribution in [1.82, 2.24) is 24.7 Å². The Kier molecular flexibility index (Phi) is 7.53. The third kappa shape index (κ3) is 5.03. The largest absolute Gasteiger partial charge is 0.494 e. The maximum absolute atomic E-state index is 13.5. The van der Waals surface area contributed by atoms with Crippen LogP contribution in [0.25, 0.3) is 17.1 Å². The molecule has 1 N–H and O–H groups in total. The predicted octanol–water partition coefficient (Wildman–Crippen LogP) is 3.43. The van der Waals surface area contributed by atoms with Crippen molar-refractivity contribution in [2.45, 2.75) is 24.0 Å². The lowest BCUT2D eigenvalue weighted by Gasteiger charge is -2.20. The fourth-order valence-electron chi connectivity index (χ4n) is 3.72. The normalized spacial score (nSPS) is 13.2. The van der Waals surface area contributed by atoms with Crippen molar-refractivity contribution in [2.24, 2.45) is 0 Å². The maximum Gasteiger partial charge on any atom is 0.170 e. The van der Waals surface area contributed by atoms with Gasteiger partial charge in [0.05, 0.1) is 25.2 Å². The summed E-state index contributed by atoms with van der Waals surface area (Å²) >= 11 is 5.92. The molecule has 188 valence electrons. The van der Waals surface area contributed by atoms with Crippen LogP contribution in [0, 0.1) is 0 Å². The molecule has 0 aliphatic carbocycles. The van der Waals surface area contributed by atoms with E-state index in [0.29, 0.717) is 28.6 Å². The fraction of sp³-hybridized carbons (Fsp3) is 0.250. The summed E-state index contributed by atoms with van der Waals surface area (Å²) in [6.45, 7) is 1.41. The Balaban J connectivity index is 1.82. The van der Waals surface area contributed by atoms with E-state index < -0.39 is 26.9 Å². The molecule has 2 atom stereocenters. The van der Waals surface area contributed by atoms with Crippen molar-refractivity contribution in [2.75, 3.05) is 14.2 Å². The number of rotatable bonds is 9. The molecule has 0 unspecified atom stereocenters. The Morgan fingerprint density at radius 1 is 1.03 bits per heavy atom. The van der Waals surface area contributed by atoms with Crippen LogP contribution in [0.15, 0.2) is 60.9 Å².